The number of hydrogen-bond donors (Lipinski definition) is 3. The molecular weight excluding hydrogens is 302 g/mol. The lowest BCUT2D eigenvalue weighted by Gasteiger charge is -2.16. The highest BCUT2D eigenvalue weighted by Crippen LogP contribution is 2.20. The number of aromatic amines is 1. The van der Waals surface area contributed by atoms with Crippen LogP contribution in [0.1, 0.15) is 32.4 Å². The topological polar surface area (TPSA) is 91.4 Å². The lowest BCUT2D eigenvalue weighted by molar-refractivity contribution is 0.669. The van der Waals surface area contributed by atoms with Crippen molar-refractivity contribution in [3.8, 4) is 0 Å². The largest absolute Gasteiger partial charge is 0.365 e. The number of H-pyrrole nitrogens is 1. The van der Waals surface area contributed by atoms with E-state index in [0.717, 1.165) is 42.8 Å². The lowest BCUT2D eigenvalue weighted by atomic mass is 10.2. The number of pyridine rings is 1. The summed E-state index contributed by atoms with van der Waals surface area (Å²) in [5.41, 5.74) is 2.55. The molecule has 0 unspecified atom stereocenters. The summed E-state index contributed by atoms with van der Waals surface area (Å²) < 4.78 is 0. The van der Waals surface area contributed by atoms with Crippen molar-refractivity contribution < 1.29 is 0 Å². The second kappa shape index (κ2) is 7.72. The fraction of sp³-hybridized carbons (Fsp3) is 0.412. The van der Waals surface area contributed by atoms with Gasteiger partial charge in [0.1, 0.15) is 5.52 Å². The molecule has 0 saturated heterocycles. The van der Waals surface area contributed by atoms with E-state index in [1.165, 1.54) is 0 Å². The first-order valence-corrected chi connectivity index (χ1v) is 8.41. The van der Waals surface area contributed by atoms with Gasteiger partial charge >= 0.3 is 0 Å². The average molecular weight is 325 g/mol. The first-order valence-electron chi connectivity index (χ1n) is 8.41. The molecule has 3 rings (SSSR count). The summed E-state index contributed by atoms with van der Waals surface area (Å²) >= 11 is 0. The van der Waals surface area contributed by atoms with Crippen LogP contribution in [0.15, 0.2) is 30.7 Å². The molecule has 3 aromatic rings. The summed E-state index contributed by atoms with van der Waals surface area (Å²) in [6.45, 7) is 5.05. The third kappa shape index (κ3) is 3.79. The number of fused-ring (bicyclic) bond motifs is 1. The molecule has 24 heavy (non-hydrogen) atoms. The van der Waals surface area contributed by atoms with Crippen LogP contribution in [-0.2, 0) is 6.42 Å². The van der Waals surface area contributed by atoms with Crippen molar-refractivity contribution >= 4 is 22.9 Å². The van der Waals surface area contributed by atoms with Crippen molar-refractivity contribution in [3.05, 3.63) is 36.4 Å². The number of hydrogen-bond acceptors (Lipinski definition) is 6. The minimum atomic E-state index is 0.382. The van der Waals surface area contributed by atoms with Crippen molar-refractivity contribution in [2.24, 2.45) is 0 Å². The zero-order chi connectivity index (χ0) is 16.8. The summed E-state index contributed by atoms with van der Waals surface area (Å²) in [6, 6.07) is 6.31. The zero-order valence-corrected chi connectivity index (χ0v) is 14.1. The van der Waals surface area contributed by atoms with Crippen LogP contribution in [-0.4, -0.2) is 37.5 Å². The minimum absolute atomic E-state index is 0.382. The van der Waals surface area contributed by atoms with Crippen molar-refractivity contribution in [2.75, 3.05) is 17.2 Å². The van der Waals surface area contributed by atoms with E-state index in [4.69, 9.17) is 0 Å². The summed E-state index contributed by atoms with van der Waals surface area (Å²) in [5.74, 6) is 1.38. The molecule has 0 fully saturated rings. The van der Waals surface area contributed by atoms with E-state index in [1.807, 2.05) is 18.2 Å². The SMILES string of the molecule is CCC(CC)Nc1nc(NCCc2ccccn2)nc2nc[nH]c12. The predicted octanol–water partition coefficient (Wildman–Crippen LogP) is 3.00. The van der Waals surface area contributed by atoms with Crippen LogP contribution < -0.4 is 10.6 Å². The Labute approximate surface area is 141 Å². The van der Waals surface area contributed by atoms with Crippen molar-refractivity contribution in [2.45, 2.75) is 39.2 Å². The van der Waals surface area contributed by atoms with Gasteiger partial charge in [0.15, 0.2) is 11.5 Å². The Morgan fingerprint density at radius 1 is 1.12 bits per heavy atom. The Hall–Kier alpha value is -2.70. The van der Waals surface area contributed by atoms with E-state index in [9.17, 15) is 0 Å². The van der Waals surface area contributed by atoms with Gasteiger partial charge in [0, 0.05) is 30.9 Å². The van der Waals surface area contributed by atoms with Crippen molar-refractivity contribution in [1.29, 1.82) is 0 Å². The van der Waals surface area contributed by atoms with Crippen molar-refractivity contribution in [3.63, 3.8) is 0 Å². The Morgan fingerprint density at radius 2 is 2.00 bits per heavy atom. The number of imidazole rings is 1. The molecule has 0 radical (unpaired) electrons. The van der Waals surface area contributed by atoms with E-state index in [-0.39, 0.29) is 0 Å². The Balaban J connectivity index is 1.73. The summed E-state index contributed by atoms with van der Waals surface area (Å²) in [4.78, 5) is 20.8. The van der Waals surface area contributed by atoms with E-state index in [2.05, 4.69) is 49.4 Å². The normalized spacial score (nSPS) is 11.1. The highest BCUT2D eigenvalue weighted by molar-refractivity contribution is 5.83. The van der Waals surface area contributed by atoms with Gasteiger partial charge in [-0.1, -0.05) is 19.9 Å². The van der Waals surface area contributed by atoms with E-state index >= 15 is 0 Å². The molecule has 0 saturated carbocycles. The lowest BCUT2D eigenvalue weighted by Crippen LogP contribution is -2.19. The van der Waals surface area contributed by atoms with Crippen LogP contribution in [0.2, 0.25) is 0 Å². The zero-order valence-electron chi connectivity index (χ0n) is 14.1. The Kier molecular flexibility index (Phi) is 5.20. The first-order chi connectivity index (χ1) is 11.8. The maximum absolute atomic E-state index is 4.62. The highest BCUT2D eigenvalue weighted by Gasteiger charge is 2.12. The number of aromatic nitrogens is 5. The molecule has 7 nitrogen and oxygen atoms in total. The first kappa shape index (κ1) is 16.2. The maximum Gasteiger partial charge on any atom is 0.226 e. The third-order valence-corrected chi connectivity index (χ3v) is 4.00. The van der Waals surface area contributed by atoms with Crippen LogP contribution in [0.5, 0.6) is 0 Å². The quantitative estimate of drug-likeness (QED) is 0.590. The standard InChI is InChI=1S/C17H23N7/c1-3-12(4-2)22-16-14-15(21-11-20-14)23-17(24-16)19-10-8-13-7-5-6-9-18-13/h5-7,9,11-12H,3-4,8,10H2,1-2H3,(H3,19,20,21,22,23,24). The van der Waals surface area contributed by atoms with Gasteiger partial charge in [-0.25, -0.2) is 4.98 Å². The second-order valence-corrected chi connectivity index (χ2v) is 5.65. The molecule has 0 bridgehead atoms. The summed E-state index contributed by atoms with van der Waals surface area (Å²) in [5, 5.41) is 6.75. The Bertz CT molecular complexity index is 765. The number of nitrogens with zero attached hydrogens (tertiary/aromatic N) is 4. The van der Waals surface area contributed by atoms with E-state index < -0.39 is 0 Å². The monoisotopic (exact) mass is 325 g/mol. The van der Waals surface area contributed by atoms with Gasteiger partial charge in [0.2, 0.25) is 5.95 Å². The molecule has 3 heterocycles. The fourth-order valence-electron chi connectivity index (χ4n) is 2.55. The van der Waals surface area contributed by atoms with Gasteiger partial charge < -0.3 is 15.6 Å². The van der Waals surface area contributed by atoms with Crippen LogP contribution in [0, 0.1) is 0 Å². The van der Waals surface area contributed by atoms with Gasteiger partial charge in [-0.2, -0.15) is 9.97 Å². The smallest absolute Gasteiger partial charge is 0.226 e. The highest BCUT2D eigenvalue weighted by atomic mass is 15.2. The molecule has 0 spiro atoms. The molecule has 3 aromatic heterocycles. The molecule has 3 N–H and O–H groups in total. The number of rotatable bonds is 8. The second-order valence-electron chi connectivity index (χ2n) is 5.65. The predicted molar refractivity (Wildman–Crippen MR) is 96.1 cm³/mol. The number of nitrogens with one attached hydrogen (secondary N) is 3. The van der Waals surface area contributed by atoms with Gasteiger partial charge in [0.25, 0.3) is 0 Å². The van der Waals surface area contributed by atoms with Crippen LogP contribution in [0.4, 0.5) is 11.8 Å². The summed E-state index contributed by atoms with van der Waals surface area (Å²) in [7, 11) is 0. The van der Waals surface area contributed by atoms with Crippen LogP contribution in [0.3, 0.4) is 0 Å². The Morgan fingerprint density at radius 3 is 2.75 bits per heavy atom. The molecule has 0 amide bonds. The van der Waals surface area contributed by atoms with Gasteiger partial charge in [0.05, 0.1) is 6.33 Å². The third-order valence-electron chi connectivity index (χ3n) is 4.00. The maximum atomic E-state index is 4.62. The minimum Gasteiger partial charge on any atom is -0.365 e. The molecule has 0 aliphatic heterocycles. The van der Waals surface area contributed by atoms with Gasteiger partial charge in [-0.15, -0.1) is 0 Å². The average Bonchev–Trinajstić information content (AvgIpc) is 3.09. The van der Waals surface area contributed by atoms with E-state index in [0.29, 0.717) is 17.6 Å². The molecule has 0 aliphatic carbocycles. The molecular formula is C17H23N7. The van der Waals surface area contributed by atoms with Crippen LogP contribution in [0.25, 0.3) is 11.2 Å². The molecule has 0 atom stereocenters. The van der Waals surface area contributed by atoms with Crippen molar-refractivity contribution in [1.82, 2.24) is 24.9 Å². The fourth-order valence-corrected chi connectivity index (χ4v) is 2.55. The summed E-state index contributed by atoms with van der Waals surface area (Å²) in [6.07, 6.45) is 6.35. The molecule has 0 aromatic carbocycles. The molecule has 126 valence electrons. The molecule has 7 heteroatoms. The van der Waals surface area contributed by atoms with Gasteiger partial charge in [-0.3, -0.25) is 4.98 Å². The van der Waals surface area contributed by atoms with E-state index in [1.54, 1.807) is 12.5 Å². The number of anilines is 2. The molecule has 0 aliphatic rings. The van der Waals surface area contributed by atoms with Crippen LogP contribution >= 0.6 is 0 Å². The van der Waals surface area contributed by atoms with Gasteiger partial charge in [-0.05, 0) is 25.0 Å².